The number of aliphatic hydroxyl groups is 2. The number of carbonyl (C=O) groups is 4. The van der Waals surface area contributed by atoms with Crippen LogP contribution in [0, 0.1) is 29.1 Å². The summed E-state index contributed by atoms with van der Waals surface area (Å²) >= 11 is 0. The number of piperidine rings is 1. The van der Waals surface area contributed by atoms with Crippen molar-refractivity contribution in [2.24, 2.45) is 29.1 Å². The van der Waals surface area contributed by atoms with Gasteiger partial charge in [-0.15, -0.1) is 0 Å². The number of rotatable bonds is 7. The summed E-state index contributed by atoms with van der Waals surface area (Å²) in [5, 5.41) is 28.7. The molecule has 1 unspecified atom stereocenters. The number of nitrogens with one attached hydrogen (secondary N) is 1. The minimum Gasteiger partial charge on any atom is -0.462 e. The molecule has 250 valence electrons. The Morgan fingerprint density at radius 2 is 1.74 bits per heavy atom. The number of anilines is 1. The summed E-state index contributed by atoms with van der Waals surface area (Å²) in [7, 11) is 1.67. The number of likely N-dealkylation sites (N-methyl/N-ethyl adjacent to an activating group) is 1. The largest absolute Gasteiger partial charge is 0.462 e. The monoisotopic (exact) mass is 640 g/mol. The molecule has 6 aliphatic rings. The van der Waals surface area contributed by atoms with Gasteiger partial charge in [0.25, 0.3) is 0 Å². The lowest BCUT2D eigenvalue weighted by Crippen LogP contribution is -2.83. The van der Waals surface area contributed by atoms with E-state index in [9.17, 15) is 29.4 Å². The van der Waals surface area contributed by atoms with E-state index in [-0.39, 0.29) is 36.0 Å². The molecule has 0 radical (unpaired) electrons. The Kier molecular flexibility index (Phi) is 7.18. The molecule has 12 heteroatoms. The molecule has 1 spiro atoms. The van der Waals surface area contributed by atoms with E-state index in [2.05, 4.69) is 10.2 Å². The molecule has 0 aromatic heterocycles. The Bertz CT molecular complexity index is 1490. The quantitative estimate of drug-likeness (QED) is 0.296. The van der Waals surface area contributed by atoms with E-state index in [1.807, 2.05) is 6.92 Å². The van der Waals surface area contributed by atoms with Crippen molar-refractivity contribution in [3.63, 3.8) is 0 Å². The predicted octanol–water partition coefficient (Wildman–Crippen LogP) is 2.05. The van der Waals surface area contributed by atoms with Gasteiger partial charge in [0.2, 0.25) is 5.91 Å². The molecular weight excluding hydrogens is 596 g/mol. The van der Waals surface area contributed by atoms with Crippen LogP contribution in [0.4, 0.5) is 5.69 Å². The van der Waals surface area contributed by atoms with Gasteiger partial charge >= 0.3 is 17.9 Å². The normalized spacial score (nSPS) is 44.7. The number of likely N-dealkylation sites (tertiary alicyclic amines) is 1. The van der Waals surface area contributed by atoms with E-state index in [1.165, 1.54) is 20.8 Å². The van der Waals surface area contributed by atoms with Crippen molar-refractivity contribution in [1.29, 1.82) is 0 Å². The molecule has 1 amide bonds. The topological polar surface area (TPSA) is 161 Å². The number of nitrogens with zero attached hydrogens (tertiary/aromatic N) is 1. The van der Waals surface area contributed by atoms with E-state index in [1.54, 1.807) is 31.4 Å². The fourth-order valence-electron chi connectivity index (χ4n) is 11.7. The van der Waals surface area contributed by atoms with E-state index < -0.39 is 70.1 Å². The summed E-state index contributed by atoms with van der Waals surface area (Å²) in [5.74, 6) is -3.91. The zero-order valence-electron chi connectivity index (χ0n) is 27.0. The van der Waals surface area contributed by atoms with Gasteiger partial charge in [-0.25, -0.2) is 4.79 Å². The highest BCUT2D eigenvalue weighted by atomic mass is 16.6. The van der Waals surface area contributed by atoms with Gasteiger partial charge in [-0.3, -0.25) is 19.3 Å². The van der Waals surface area contributed by atoms with Crippen LogP contribution in [0.25, 0.3) is 0 Å². The maximum Gasteiger partial charge on any atom is 0.340 e. The maximum absolute atomic E-state index is 14.1. The van der Waals surface area contributed by atoms with Crippen LogP contribution in [0.1, 0.15) is 70.2 Å². The van der Waals surface area contributed by atoms with Crippen LogP contribution in [0.15, 0.2) is 24.3 Å². The molecule has 7 bridgehead atoms. The van der Waals surface area contributed by atoms with Gasteiger partial charge in [0.05, 0.1) is 17.4 Å². The summed E-state index contributed by atoms with van der Waals surface area (Å²) in [6.45, 7) is 7.05. The number of amides is 1. The molecule has 3 N–H and O–H groups in total. The third kappa shape index (κ3) is 3.87. The molecule has 1 heterocycles. The number of benzene rings is 1. The number of hydrogen-bond donors (Lipinski definition) is 3. The Morgan fingerprint density at radius 1 is 1.02 bits per heavy atom. The number of carbonyl (C=O) groups excluding carboxylic acids is 4. The van der Waals surface area contributed by atoms with Crippen molar-refractivity contribution in [2.75, 3.05) is 25.5 Å². The SMILES string of the molecule is CCN1C[C@]2(OC(=O)c3ccccc3NC(C)=O)CC[C@H](OC)[C@]34C1[C@H](C[C@H]23)[C@@]1(O)C[C@H](OC(C)=O)[C@H]2C[C@@H]4[C@]1(O)[C@H]2OC(C)=O. The first-order valence-electron chi connectivity index (χ1n) is 16.4. The van der Waals surface area contributed by atoms with Crippen LogP contribution >= 0.6 is 0 Å². The number of esters is 3. The van der Waals surface area contributed by atoms with Crippen LogP contribution < -0.4 is 5.32 Å². The molecule has 46 heavy (non-hydrogen) atoms. The highest BCUT2D eigenvalue weighted by Crippen LogP contribution is 2.79. The van der Waals surface area contributed by atoms with Crippen LogP contribution in [-0.2, 0) is 33.3 Å². The Hall–Kier alpha value is -3.06. The number of methoxy groups -OCH3 is 1. The minimum absolute atomic E-state index is 0.0120. The lowest BCUT2D eigenvalue weighted by atomic mass is 9.44. The molecule has 1 aromatic rings. The zero-order chi connectivity index (χ0) is 33.0. The first-order chi connectivity index (χ1) is 21.8. The number of hydrogen-bond acceptors (Lipinski definition) is 11. The van der Waals surface area contributed by atoms with Gasteiger partial charge in [-0.05, 0) is 44.4 Å². The minimum atomic E-state index is -1.84. The number of fused-ring (bicyclic) bond motifs is 2. The van der Waals surface area contributed by atoms with E-state index in [0.29, 0.717) is 44.5 Å². The Labute approximate surface area is 268 Å². The fourth-order valence-corrected chi connectivity index (χ4v) is 11.7. The summed E-state index contributed by atoms with van der Waals surface area (Å²) in [6.07, 6.45) is -0.342. The van der Waals surface area contributed by atoms with Gasteiger partial charge in [-0.1, -0.05) is 19.1 Å². The third-order valence-electron chi connectivity index (χ3n) is 12.7. The van der Waals surface area contributed by atoms with Gasteiger partial charge < -0.3 is 34.5 Å². The maximum atomic E-state index is 14.1. The van der Waals surface area contributed by atoms with Crippen LogP contribution in [-0.4, -0.2) is 100 Å². The third-order valence-corrected chi connectivity index (χ3v) is 12.7. The summed E-state index contributed by atoms with van der Waals surface area (Å²) in [6, 6.07) is 6.53. The Balaban J connectivity index is 1.38. The highest BCUT2D eigenvalue weighted by Gasteiger charge is 2.89. The lowest BCUT2D eigenvalue weighted by Gasteiger charge is -2.70. The summed E-state index contributed by atoms with van der Waals surface area (Å²) < 4.78 is 24.6. The average Bonchev–Trinajstić information content (AvgIpc) is 3.40. The van der Waals surface area contributed by atoms with Crippen molar-refractivity contribution >= 4 is 29.5 Å². The van der Waals surface area contributed by atoms with Crippen LogP contribution in [0.5, 0.6) is 0 Å². The van der Waals surface area contributed by atoms with Crippen molar-refractivity contribution in [3.8, 4) is 0 Å². The first kappa shape index (κ1) is 31.5. The molecule has 1 aromatic carbocycles. The predicted molar refractivity (Wildman–Crippen MR) is 161 cm³/mol. The van der Waals surface area contributed by atoms with E-state index in [0.717, 1.165) is 0 Å². The Morgan fingerprint density at radius 3 is 2.39 bits per heavy atom. The highest BCUT2D eigenvalue weighted by molar-refractivity contribution is 6.00. The summed E-state index contributed by atoms with van der Waals surface area (Å²) in [5.41, 5.74) is -4.75. The van der Waals surface area contributed by atoms with Gasteiger partial charge in [0.15, 0.2) is 0 Å². The van der Waals surface area contributed by atoms with E-state index >= 15 is 0 Å². The molecule has 6 fully saturated rings. The lowest BCUT2D eigenvalue weighted by molar-refractivity contribution is -0.336. The van der Waals surface area contributed by atoms with Gasteiger partial charge in [-0.2, -0.15) is 0 Å². The smallest absolute Gasteiger partial charge is 0.340 e. The molecule has 1 saturated heterocycles. The second kappa shape index (κ2) is 10.5. The molecule has 12 nitrogen and oxygen atoms in total. The molecule has 7 rings (SSSR count). The van der Waals surface area contributed by atoms with Crippen molar-refractivity contribution < 1.29 is 48.3 Å². The summed E-state index contributed by atoms with van der Waals surface area (Å²) in [4.78, 5) is 53.1. The van der Waals surface area contributed by atoms with Crippen LogP contribution in [0.3, 0.4) is 0 Å². The number of para-hydroxylation sites is 1. The standard InChI is InChI=1S/C34H44N2O10/c1-6-36-16-31(46-30(40)20-9-7-8-10-23(20)35-17(2)37)12-11-27(43-5)33-25(31)14-22(28(33)36)32(41)15-24(44-18(3)38)21-13-26(33)34(32,42)29(21)45-19(4)39/h7-10,21-22,24-29,41-42H,6,11-16H2,1-5H3,(H,35,37)/t21-,22+,24+,25-,26+,27+,28?,29+,31-,32+,33+,34+/m1/s1. The average molecular weight is 641 g/mol. The molecule has 5 saturated carbocycles. The molecule has 12 atom stereocenters. The van der Waals surface area contributed by atoms with Crippen molar-refractivity contribution in [1.82, 2.24) is 4.90 Å². The number of ether oxygens (including phenoxy) is 4. The van der Waals surface area contributed by atoms with Gasteiger partial charge in [0.1, 0.15) is 29.0 Å². The van der Waals surface area contributed by atoms with Crippen molar-refractivity contribution in [3.05, 3.63) is 29.8 Å². The zero-order valence-corrected chi connectivity index (χ0v) is 27.0. The second-order valence-corrected chi connectivity index (χ2v) is 14.4. The fraction of sp³-hybridized carbons (Fsp3) is 0.706. The molecule has 5 aliphatic carbocycles. The van der Waals surface area contributed by atoms with Crippen LogP contribution in [0.2, 0.25) is 0 Å². The van der Waals surface area contributed by atoms with E-state index in [4.69, 9.17) is 18.9 Å². The molecular formula is C34H44N2O10. The second-order valence-electron chi connectivity index (χ2n) is 14.4. The molecule has 1 aliphatic heterocycles. The van der Waals surface area contributed by atoms with Crippen molar-refractivity contribution in [2.45, 2.75) is 101 Å². The first-order valence-corrected chi connectivity index (χ1v) is 16.4. The van der Waals surface area contributed by atoms with Gasteiger partial charge in [0, 0.05) is 76.0 Å².